The number of ether oxygens (including phenoxy) is 1. The number of hydrogen-bond donors (Lipinski definition) is 1. The van der Waals surface area contributed by atoms with Crippen molar-refractivity contribution in [2.45, 2.75) is 6.18 Å². The van der Waals surface area contributed by atoms with Crippen LogP contribution in [-0.2, 0) is 11.0 Å². The minimum Gasteiger partial charge on any atom is -0.496 e. The van der Waals surface area contributed by atoms with Crippen LogP contribution in [0.25, 0.3) is 21.9 Å². The maximum absolute atomic E-state index is 13.9. The van der Waals surface area contributed by atoms with Crippen molar-refractivity contribution in [2.75, 3.05) is 20.7 Å². The number of aliphatic carboxylic acids is 1. The summed E-state index contributed by atoms with van der Waals surface area (Å²) in [6, 6.07) is 14.0. The number of benzene rings is 3. The summed E-state index contributed by atoms with van der Waals surface area (Å²) in [5.41, 5.74) is -0.00214. The van der Waals surface area contributed by atoms with E-state index in [9.17, 15) is 22.8 Å². The van der Waals surface area contributed by atoms with Gasteiger partial charge in [0.25, 0.3) is 5.91 Å². The maximum atomic E-state index is 13.9. The molecule has 0 aromatic heterocycles. The van der Waals surface area contributed by atoms with Crippen LogP contribution in [-0.4, -0.2) is 42.6 Å². The number of carboxylic acids is 1. The van der Waals surface area contributed by atoms with E-state index in [2.05, 4.69) is 0 Å². The van der Waals surface area contributed by atoms with Gasteiger partial charge in [-0.05, 0) is 46.2 Å². The number of nitrogens with zero attached hydrogens (tertiary/aromatic N) is 1. The lowest BCUT2D eigenvalue weighted by molar-refractivity contribution is -0.138. The van der Waals surface area contributed by atoms with Crippen molar-refractivity contribution in [2.24, 2.45) is 0 Å². The van der Waals surface area contributed by atoms with Crippen LogP contribution < -0.4 is 4.74 Å². The zero-order chi connectivity index (χ0) is 22.1. The van der Waals surface area contributed by atoms with E-state index in [1.807, 2.05) is 0 Å². The van der Waals surface area contributed by atoms with Crippen molar-refractivity contribution in [3.63, 3.8) is 0 Å². The first kappa shape index (κ1) is 21.2. The molecule has 0 spiro atoms. The Bertz CT molecular complexity index is 1110. The molecule has 0 atom stereocenters. The number of fused-ring (bicyclic) bond motifs is 1. The Kier molecular flexibility index (Phi) is 5.69. The first-order valence-electron chi connectivity index (χ1n) is 8.88. The van der Waals surface area contributed by atoms with Crippen LogP contribution in [0.1, 0.15) is 15.9 Å². The molecule has 0 saturated heterocycles. The molecule has 3 aromatic rings. The van der Waals surface area contributed by atoms with Gasteiger partial charge in [0.15, 0.2) is 0 Å². The van der Waals surface area contributed by atoms with Gasteiger partial charge in [-0.3, -0.25) is 9.59 Å². The second-order valence-corrected chi connectivity index (χ2v) is 6.68. The van der Waals surface area contributed by atoms with Gasteiger partial charge in [0.1, 0.15) is 17.9 Å². The Hall–Kier alpha value is -3.55. The molecule has 156 valence electrons. The first-order chi connectivity index (χ1) is 14.1. The number of hydrogen-bond acceptors (Lipinski definition) is 3. The number of amides is 1. The zero-order valence-electron chi connectivity index (χ0n) is 16.2. The Morgan fingerprint density at radius 2 is 1.67 bits per heavy atom. The summed E-state index contributed by atoms with van der Waals surface area (Å²) in [5, 5.41) is 8.85. The van der Waals surface area contributed by atoms with Gasteiger partial charge in [-0.25, -0.2) is 0 Å². The molecule has 1 N–H and O–H groups in total. The van der Waals surface area contributed by atoms with Gasteiger partial charge in [-0.15, -0.1) is 0 Å². The van der Waals surface area contributed by atoms with Gasteiger partial charge < -0.3 is 14.7 Å². The summed E-state index contributed by atoms with van der Waals surface area (Å²) in [6.45, 7) is -0.585. The highest BCUT2D eigenvalue weighted by atomic mass is 19.4. The Labute approximate surface area is 170 Å². The summed E-state index contributed by atoms with van der Waals surface area (Å²) in [6.07, 6.45) is -4.73. The third-order valence-electron chi connectivity index (χ3n) is 4.66. The number of carbonyl (C=O) groups excluding carboxylic acids is 1. The largest absolute Gasteiger partial charge is 0.496 e. The lowest BCUT2D eigenvalue weighted by Gasteiger charge is -2.20. The lowest BCUT2D eigenvalue weighted by atomic mass is 9.93. The molecular weight excluding hydrogens is 399 g/mol. The molecule has 0 unspecified atom stereocenters. The number of alkyl halides is 3. The predicted octanol–water partition coefficient (Wildman–Crippen LogP) is 4.69. The van der Waals surface area contributed by atoms with E-state index in [1.165, 1.54) is 25.2 Å². The molecule has 0 bridgehead atoms. The molecule has 8 heteroatoms. The van der Waals surface area contributed by atoms with Crippen molar-refractivity contribution in [3.8, 4) is 16.9 Å². The normalized spacial score (nSPS) is 11.4. The third-order valence-corrected chi connectivity index (χ3v) is 4.66. The summed E-state index contributed by atoms with van der Waals surface area (Å²) in [4.78, 5) is 24.9. The molecule has 0 heterocycles. The average molecular weight is 417 g/mol. The monoisotopic (exact) mass is 417 g/mol. The van der Waals surface area contributed by atoms with Gasteiger partial charge in [0, 0.05) is 12.6 Å². The predicted molar refractivity (Wildman–Crippen MR) is 106 cm³/mol. The number of likely N-dealkylation sites (N-methyl/N-ethyl adjacent to an activating group) is 1. The summed E-state index contributed by atoms with van der Waals surface area (Å²) >= 11 is 0. The zero-order valence-corrected chi connectivity index (χ0v) is 16.2. The minimum atomic E-state index is -4.73. The van der Waals surface area contributed by atoms with E-state index in [4.69, 9.17) is 9.84 Å². The van der Waals surface area contributed by atoms with Crippen molar-refractivity contribution in [1.82, 2.24) is 4.90 Å². The highest BCUT2D eigenvalue weighted by Crippen LogP contribution is 2.43. The van der Waals surface area contributed by atoms with Crippen LogP contribution in [0.5, 0.6) is 5.75 Å². The molecule has 1 amide bonds. The second kappa shape index (κ2) is 8.06. The van der Waals surface area contributed by atoms with Crippen molar-refractivity contribution in [3.05, 3.63) is 65.7 Å². The van der Waals surface area contributed by atoms with Gasteiger partial charge in [-0.2, -0.15) is 13.2 Å². The number of methoxy groups -OCH3 is 1. The van der Waals surface area contributed by atoms with Crippen LogP contribution in [0.2, 0.25) is 0 Å². The third kappa shape index (κ3) is 4.07. The Morgan fingerprint density at radius 3 is 2.23 bits per heavy atom. The van der Waals surface area contributed by atoms with Crippen molar-refractivity contribution in [1.29, 1.82) is 0 Å². The molecular formula is C22H18F3NO4. The molecule has 0 aliphatic heterocycles. The topological polar surface area (TPSA) is 66.8 Å². The fourth-order valence-electron chi connectivity index (χ4n) is 3.33. The van der Waals surface area contributed by atoms with Crippen LogP contribution >= 0.6 is 0 Å². The van der Waals surface area contributed by atoms with Gasteiger partial charge in [-0.1, -0.05) is 30.3 Å². The van der Waals surface area contributed by atoms with Gasteiger partial charge >= 0.3 is 12.1 Å². The molecule has 0 saturated carbocycles. The van der Waals surface area contributed by atoms with Crippen LogP contribution in [0.3, 0.4) is 0 Å². The highest BCUT2D eigenvalue weighted by Gasteiger charge is 2.37. The molecule has 5 nitrogen and oxygen atoms in total. The molecule has 3 aromatic carbocycles. The van der Waals surface area contributed by atoms with E-state index < -0.39 is 30.2 Å². The number of rotatable bonds is 5. The highest BCUT2D eigenvalue weighted by molar-refractivity contribution is 6.10. The van der Waals surface area contributed by atoms with Gasteiger partial charge in [0.05, 0.1) is 7.11 Å². The maximum Gasteiger partial charge on any atom is 0.420 e. The molecule has 0 aliphatic rings. The second-order valence-electron chi connectivity index (χ2n) is 6.68. The summed E-state index contributed by atoms with van der Waals surface area (Å²) in [5.74, 6) is -2.29. The summed E-state index contributed by atoms with van der Waals surface area (Å²) < 4.78 is 46.7. The smallest absolute Gasteiger partial charge is 0.420 e. The first-order valence-corrected chi connectivity index (χ1v) is 8.88. The van der Waals surface area contributed by atoms with Gasteiger partial charge in [0.2, 0.25) is 0 Å². The average Bonchev–Trinajstić information content (AvgIpc) is 2.70. The number of carbonyl (C=O) groups is 2. The minimum absolute atomic E-state index is 0.0248. The van der Waals surface area contributed by atoms with Crippen LogP contribution in [0.4, 0.5) is 13.2 Å². The van der Waals surface area contributed by atoms with E-state index in [1.54, 1.807) is 30.3 Å². The fraction of sp³-hybridized carbons (Fsp3) is 0.182. The van der Waals surface area contributed by atoms with Crippen LogP contribution in [0, 0.1) is 0 Å². The van der Waals surface area contributed by atoms with E-state index >= 15 is 0 Å². The quantitative estimate of drug-likeness (QED) is 0.654. The fourth-order valence-corrected chi connectivity index (χ4v) is 3.33. The van der Waals surface area contributed by atoms with E-state index in [0.717, 1.165) is 18.1 Å². The molecule has 3 rings (SSSR count). The number of halogens is 3. The Morgan fingerprint density at radius 1 is 1.00 bits per heavy atom. The lowest BCUT2D eigenvalue weighted by Crippen LogP contribution is -2.32. The molecule has 0 radical (unpaired) electrons. The number of carboxylic acid groups (broad SMARTS) is 1. The van der Waals surface area contributed by atoms with Crippen molar-refractivity contribution < 1.29 is 32.6 Å². The molecule has 30 heavy (non-hydrogen) atoms. The van der Waals surface area contributed by atoms with E-state index in [-0.39, 0.29) is 22.1 Å². The standard InChI is InChI=1S/C22H18F3NO4/c1-26(12-19(27)28)21(29)17-11-14(13-6-4-3-5-7-13)10-16-15(17)8-9-18(30-2)20(16)22(23,24)25/h3-11H,12H2,1-2H3,(H,27,28). The molecule has 0 fully saturated rings. The SMILES string of the molecule is COc1ccc2c(C(=O)N(C)CC(=O)O)cc(-c3ccccc3)cc2c1C(F)(F)F. The van der Waals surface area contributed by atoms with Crippen molar-refractivity contribution >= 4 is 22.6 Å². The Balaban J connectivity index is 2.37. The molecule has 0 aliphatic carbocycles. The van der Waals surface area contributed by atoms with Crippen LogP contribution in [0.15, 0.2) is 54.6 Å². The summed E-state index contributed by atoms with van der Waals surface area (Å²) in [7, 11) is 2.43. The van der Waals surface area contributed by atoms with E-state index in [0.29, 0.717) is 11.1 Å².